The lowest BCUT2D eigenvalue weighted by atomic mass is 10.2. The van der Waals surface area contributed by atoms with Gasteiger partial charge in [-0.1, -0.05) is 29.0 Å². The van der Waals surface area contributed by atoms with Gasteiger partial charge in [-0.25, -0.2) is 4.98 Å². The molecule has 0 atom stereocenters. The summed E-state index contributed by atoms with van der Waals surface area (Å²) in [4.78, 5) is 25.0. The highest BCUT2D eigenvalue weighted by atomic mass is 35.5. The fourth-order valence-corrected chi connectivity index (χ4v) is 5.27. The average molecular weight is 484 g/mol. The van der Waals surface area contributed by atoms with E-state index < -0.39 is 0 Å². The van der Waals surface area contributed by atoms with Gasteiger partial charge in [0, 0.05) is 28.7 Å². The van der Waals surface area contributed by atoms with Gasteiger partial charge in [0.1, 0.15) is 5.75 Å². The smallest absolute Gasteiger partial charge is 0.229 e. The maximum atomic E-state index is 13.2. The second-order valence-corrected chi connectivity index (χ2v) is 9.69. The molecule has 0 spiro atoms. The third kappa shape index (κ3) is 5.79. The topological polar surface area (TPSA) is 55.3 Å². The van der Waals surface area contributed by atoms with E-state index in [0.29, 0.717) is 23.1 Å². The largest absolute Gasteiger partial charge is 0.497 e. The van der Waals surface area contributed by atoms with Gasteiger partial charge in [-0.15, -0.1) is 11.8 Å². The van der Waals surface area contributed by atoms with Crippen molar-refractivity contribution in [3.63, 3.8) is 0 Å². The molecule has 164 valence electrons. The lowest BCUT2D eigenvalue weighted by molar-refractivity contribution is -0.118. The van der Waals surface area contributed by atoms with Crippen molar-refractivity contribution in [2.24, 2.45) is 0 Å². The molecule has 2 aromatic carbocycles. The standard InChI is InChI=1S/C24H22ClN3O2S2/c1-30-19-7-9-20(10-8-19)31-13-3-5-23(29)28(16-17-4-2-12-26-15-17)24-27-21-11-6-18(25)14-22(21)32-24/h2,4,6-12,14-15H,3,5,13,16H2,1H3. The Balaban J connectivity index is 1.44. The minimum Gasteiger partial charge on any atom is -0.497 e. The van der Waals surface area contributed by atoms with Gasteiger partial charge in [-0.3, -0.25) is 14.7 Å². The zero-order valence-electron chi connectivity index (χ0n) is 17.5. The van der Waals surface area contributed by atoms with E-state index in [1.54, 1.807) is 36.2 Å². The number of aromatic nitrogens is 2. The van der Waals surface area contributed by atoms with Crippen LogP contribution < -0.4 is 9.64 Å². The fraction of sp³-hybridized carbons (Fsp3) is 0.208. The lowest BCUT2D eigenvalue weighted by Crippen LogP contribution is -2.30. The quantitative estimate of drug-likeness (QED) is 0.202. The van der Waals surface area contributed by atoms with Gasteiger partial charge in [0.2, 0.25) is 5.91 Å². The lowest BCUT2D eigenvalue weighted by Gasteiger charge is -2.20. The van der Waals surface area contributed by atoms with Crippen LogP contribution in [0.4, 0.5) is 5.13 Å². The Morgan fingerprint density at radius 2 is 2.03 bits per heavy atom. The Bertz CT molecular complexity index is 1180. The second kappa shape index (κ2) is 10.8. The van der Waals surface area contributed by atoms with Crippen molar-refractivity contribution < 1.29 is 9.53 Å². The molecule has 8 heteroatoms. The number of thioether (sulfide) groups is 1. The summed E-state index contributed by atoms with van der Waals surface area (Å²) in [6, 6.07) is 17.4. The molecule has 0 bridgehead atoms. The van der Waals surface area contributed by atoms with E-state index in [4.69, 9.17) is 21.3 Å². The third-order valence-electron chi connectivity index (χ3n) is 4.80. The molecular formula is C24H22ClN3O2S2. The number of rotatable bonds is 9. The van der Waals surface area contributed by atoms with Crippen molar-refractivity contribution in [3.05, 3.63) is 77.6 Å². The van der Waals surface area contributed by atoms with Crippen molar-refractivity contribution in [1.82, 2.24) is 9.97 Å². The minimum absolute atomic E-state index is 0.0503. The molecule has 5 nitrogen and oxygen atoms in total. The molecule has 0 saturated heterocycles. The first-order valence-electron chi connectivity index (χ1n) is 10.1. The molecule has 2 heterocycles. The molecule has 0 radical (unpaired) electrons. The summed E-state index contributed by atoms with van der Waals surface area (Å²) in [6.45, 7) is 0.436. The van der Waals surface area contributed by atoms with Crippen LogP contribution in [0.1, 0.15) is 18.4 Å². The molecule has 4 rings (SSSR count). The molecule has 0 unspecified atom stereocenters. The Hall–Kier alpha value is -2.61. The van der Waals surface area contributed by atoms with Crippen LogP contribution in [0.2, 0.25) is 5.02 Å². The predicted molar refractivity (Wildman–Crippen MR) is 133 cm³/mol. The Morgan fingerprint density at radius 3 is 2.78 bits per heavy atom. The van der Waals surface area contributed by atoms with Crippen molar-refractivity contribution in [1.29, 1.82) is 0 Å². The Labute approximate surface area is 200 Å². The summed E-state index contributed by atoms with van der Waals surface area (Å²) < 4.78 is 6.16. The first-order chi connectivity index (χ1) is 15.6. The molecule has 32 heavy (non-hydrogen) atoms. The molecule has 2 aromatic heterocycles. The zero-order valence-corrected chi connectivity index (χ0v) is 19.9. The van der Waals surface area contributed by atoms with E-state index in [1.807, 2.05) is 54.6 Å². The molecular weight excluding hydrogens is 462 g/mol. The Morgan fingerprint density at radius 1 is 1.19 bits per heavy atom. The average Bonchev–Trinajstić information content (AvgIpc) is 3.24. The van der Waals surface area contributed by atoms with Crippen LogP contribution in [0.3, 0.4) is 0 Å². The summed E-state index contributed by atoms with van der Waals surface area (Å²) in [5.74, 6) is 1.75. The number of nitrogens with zero attached hydrogens (tertiary/aromatic N) is 3. The minimum atomic E-state index is 0.0503. The molecule has 0 aliphatic rings. The van der Waals surface area contributed by atoms with E-state index in [-0.39, 0.29) is 5.91 Å². The van der Waals surface area contributed by atoms with Gasteiger partial charge < -0.3 is 4.74 Å². The third-order valence-corrected chi connectivity index (χ3v) is 7.17. The molecule has 0 fully saturated rings. The summed E-state index contributed by atoms with van der Waals surface area (Å²) in [7, 11) is 1.66. The number of anilines is 1. The molecule has 0 N–H and O–H groups in total. The number of ether oxygens (including phenoxy) is 1. The van der Waals surface area contributed by atoms with E-state index in [1.165, 1.54) is 11.3 Å². The normalized spacial score (nSPS) is 10.9. The highest BCUT2D eigenvalue weighted by Crippen LogP contribution is 2.32. The first kappa shape index (κ1) is 22.6. The first-order valence-corrected chi connectivity index (χ1v) is 12.3. The van der Waals surface area contributed by atoms with Crippen LogP contribution in [-0.4, -0.2) is 28.7 Å². The molecule has 0 aliphatic carbocycles. The van der Waals surface area contributed by atoms with Crippen molar-refractivity contribution in [2.75, 3.05) is 17.8 Å². The van der Waals surface area contributed by atoms with Gasteiger partial charge in [-0.05, 0) is 66.3 Å². The fourth-order valence-electron chi connectivity index (χ4n) is 3.16. The second-order valence-electron chi connectivity index (χ2n) is 7.08. The Kier molecular flexibility index (Phi) is 7.63. The summed E-state index contributed by atoms with van der Waals surface area (Å²) in [6.07, 6.45) is 4.73. The highest BCUT2D eigenvalue weighted by Gasteiger charge is 2.20. The van der Waals surface area contributed by atoms with Gasteiger partial charge in [0.25, 0.3) is 0 Å². The molecule has 1 amide bonds. The number of halogens is 1. The van der Waals surface area contributed by atoms with Gasteiger partial charge in [0.15, 0.2) is 5.13 Å². The van der Waals surface area contributed by atoms with Gasteiger partial charge in [-0.2, -0.15) is 0 Å². The number of pyridine rings is 1. The maximum absolute atomic E-state index is 13.2. The number of fused-ring (bicyclic) bond motifs is 1. The zero-order chi connectivity index (χ0) is 22.3. The maximum Gasteiger partial charge on any atom is 0.229 e. The van der Waals surface area contributed by atoms with Crippen LogP contribution in [-0.2, 0) is 11.3 Å². The van der Waals surface area contributed by atoms with Crippen LogP contribution in [0.15, 0.2) is 71.9 Å². The SMILES string of the molecule is COc1ccc(SCCCC(=O)N(Cc2cccnc2)c2nc3ccc(Cl)cc3s2)cc1. The molecule has 0 aliphatic heterocycles. The number of benzene rings is 2. The van der Waals surface area contributed by atoms with E-state index in [2.05, 4.69) is 4.98 Å². The molecule has 4 aromatic rings. The number of carbonyl (C=O) groups excluding carboxylic acids is 1. The number of thiazole rings is 1. The van der Waals surface area contributed by atoms with E-state index in [9.17, 15) is 4.79 Å². The summed E-state index contributed by atoms with van der Waals surface area (Å²) >= 11 is 9.35. The van der Waals surface area contributed by atoms with Crippen molar-refractivity contribution >= 4 is 56.0 Å². The number of amides is 1. The monoisotopic (exact) mass is 483 g/mol. The van der Waals surface area contributed by atoms with Gasteiger partial charge >= 0.3 is 0 Å². The van der Waals surface area contributed by atoms with E-state index in [0.717, 1.165) is 38.6 Å². The molecule has 0 saturated carbocycles. The summed E-state index contributed by atoms with van der Waals surface area (Å²) in [5, 5.41) is 1.34. The van der Waals surface area contributed by atoms with Crippen LogP contribution in [0, 0.1) is 0 Å². The van der Waals surface area contributed by atoms with E-state index >= 15 is 0 Å². The number of carbonyl (C=O) groups is 1. The predicted octanol–water partition coefficient (Wildman–Crippen LogP) is 6.46. The number of hydrogen-bond donors (Lipinski definition) is 0. The van der Waals surface area contributed by atoms with Crippen LogP contribution in [0.5, 0.6) is 5.75 Å². The number of hydrogen-bond acceptors (Lipinski definition) is 6. The van der Waals surface area contributed by atoms with Crippen LogP contribution >= 0.6 is 34.7 Å². The van der Waals surface area contributed by atoms with Crippen molar-refractivity contribution in [2.45, 2.75) is 24.3 Å². The summed E-state index contributed by atoms with van der Waals surface area (Å²) in [5.41, 5.74) is 1.80. The van der Waals surface area contributed by atoms with Gasteiger partial charge in [0.05, 0.1) is 23.9 Å². The highest BCUT2D eigenvalue weighted by molar-refractivity contribution is 7.99. The van der Waals surface area contributed by atoms with Crippen molar-refractivity contribution in [3.8, 4) is 5.75 Å². The number of methoxy groups -OCH3 is 1. The van der Waals surface area contributed by atoms with Crippen LogP contribution in [0.25, 0.3) is 10.2 Å².